The largest absolute Gasteiger partial charge is 0.668 e. The second-order valence-electron chi connectivity index (χ2n) is 0.777. The summed E-state index contributed by atoms with van der Waals surface area (Å²) in [5.74, 6) is -0.495. The van der Waals surface area contributed by atoms with Crippen molar-refractivity contribution < 1.29 is 25.2 Å². The molecular formula is C3H6NORe-. The number of carbonyl (C=O) groups is 1. The topological polar surface area (TPSA) is 40.9 Å². The van der Waals surface area contributed by atoms with Gasteiger partial charge in [0.1, 0.15) is 0 Å². The molecule has 2 nitrogen and oxygen atoms in total. The van der Waals surface area contributed by atoms with Crippen LogP contribution in [-0.4, -0.2) is 5.91 Å². The van der Waals surface area contributed by atoms with Crippen LogP contribution < -0.4 is 0 Å². The maximum Gasteiger partial charge on any atom is 0.0484 e. The van der Waals surface area contributed by atoms with Crippen molar-refractivity contribution >= 4 is 5.91 Å². The Labute approximate surface area is 50.7 Å². The van der Waals surface area contributed by atoms with E-state index in [1.807, 2.05) is 0 Å². The summed E-state index contributed by atoms with van der Waals surface area (Å²) in [6.07, 6.45) is 0.333. The van der Waals surface area contributed by atoms with E-state index in [9.17, 15) is 4.79 Å². The van der Waals surface area contributed by atoms with Crippen LogP contribution in [0.15, 0.2) is 0 Å². The Morgan fingerprint density at radius 2 is 2.00 bits per heavy atom. The molecule has 0 aromatic carbocycles. The first-order chi connectivity index (χ1) is 2.27. The van der Waals surface area contributed by atoms with Gasteiger partial charge in [0.2, 0.25) is 0 Å². The molecule has 0 aliphatic carbocycles. The Morgan fingerprint density at radius 3 is 2.00 bits per heavy atom. The van der Waals surface area contributed by atoms with Gasteiger partial charge in [0.15, 0.2) is 0 Å². The molecule has 1 N–H and O–H groups in total. The van der Waals surface area contributed by atoms with Crippen molar-refractivity contribution in [2.75, 3.05) is 0 Å². The smallest absolute Gasteiger partial charge is 0.0484 e. The fraction of sp³-hybridized carbons (Fsp3) is 0.667. The Kier molecular flexibility index (Phi) is 8.09. The zero-order valence-electron chi connectivity index (χ0n) is 3.49. The summed E-state index contributed by atoms with van der Waals surface area (Å²) in [7, 11) is 0. The van der Waals surface area contributed by atoms with E-state index in [0.29, 0.717) is 6.42 Å². The van der Waals surface area contributed by atoms with Gasteiger partial charge >= 0.3 is 0 Å². The minimum absolute atomic E-state index is 0. The van der Waals surface area contributed by atoms with Gasteiger partial charge in [-0.1, -0.05) is 6.92 Å². The van der Waals surface area contributed by atoms with E-state index in [0.717, 1.165) is 0 Å². The van der Waals surface area contributed by atoms with Crippen LogP contribution in [0.4, 0.5) is 0 Å². The molecule has 0 saturated carbocycles. The van der Waals surface area contributed by atoms with E-state index >= 15 is 0 Å². The van der Waals surface area contributed by atoms with Gasteiger partial charge in [0.05, 0.1) is 0 Å². The summed E-state index contributed by atoms with van der Waals surface area (Å²) in [5.41, 5.74) is 6.19. The van der Waals surface area contributed by atoms with Gasteiger partial charge in [-0.2, -0.15) is 0 Å². The summed E-state index contributed by atoms with van der Waals surface area (Å²) in [5, 5.41) is 0. The summed E-state index contributed by atoms with van der Waals surface area (Å²) >= 11 is 0. The first-order valence-electron chi connectivity index (χ1n) is 1.51. The fourth-order valence-electron chi connectivity index (χ4n) is 0. The van der Waals surface area contributed by atoms with Crippen LogP contribution in [0.25, 0.3) is 5.73 Å². The third-order valence-corrected chi connectivity index (χ3v) is 0.321. The van der Waals surface area contributed by atoms with Crippen molar-refractivity contribution in [3.05, 3.63) is 5.73 Å². The number of hydrogen-bond donors (Lipinski definition) is 0. The van der Waals surface area contributed by atoms with Gasteiger partial charge in [0, 0.05) is 26.3 Å². The van der Waals surface area contributed by atoms with Gasteiger partial charge in [-0.15, -0.1) is 0 Å². The number of carbonyl (C=O) groups excluding carboxylic acids is 1. The van der Waals surface area contributed by atoms with Crippen LogP contribution in [-0.2, 0) is 25.2 Å². The van der Waals surface area contributed by atoms with E-state index in [1.54, 1.807) is 6.92 Å². The summed E-state index contributed by atoms with van der Waals surface area (Å²) in [6, 6.07) is 0. The van der Waals surface area contributed by atoms with Gasteiger partial charge in [-0.05, 0) is 6.42 Å². The zero-order valence-corrected chi connectivity index (χ0v) is 6.21. The van der Waals surface area contributed by atoms with E-state index in [4.69, 9.17) is 5.73 Å². The Bertz CT molecular complexity index is 46.1. The van der Waals surface area contributed by atoms with Crippen molar-refractivity contribution in [3.8, 4) is 0 Å². The molecule has 1 radical (unpaired) electrons. The van der Waals surface area contributed by atoms with Gasteiger partial charge in [-0.3, -0.25) is 0 Å². The third kappa shape index (κ3) is 8.92. The Morgan fingerprint density at radius 1 is 1.83 bits per heavy atom. The van der Waals surface area contributed by atoms with Crippen LogP contribution in [0.3, 0.4) is 0 Å². The second kappa shape index (κ2) is 5.13. The second-order valence-corrected chi connectivity index (χ2v) is 0.777. The van der Waals surface area contributed by atoms with Crippen LogP contribution in [0.2, 0.25) is 0 Å². The predicted molar refractivity (Wildman–Crippen MR) is 19.6 cm³/mol. The maximum absolute atomic E-state index is 9.48. The third-order valence-electron chi connectivity index (χ3n) is 0.321. The van der Waals surface area contributed by atoms with Crippen LogP contribution >= 0.6 is 0 Å². The van der Waals surface area contributed by atoms with Gasteiger partial charge in [0.25, 0.3) is 0 Å². The molecule has 0 spiro atoms. The molecule has 0 bridgehead atoms. The number of rotatable bonds is 1. The minimum atomic E-state index is -0.495. The molecule has 0 atom stereocenters. The number of amides is 1. The first kappa shape index (κ1) is 9.46. The molecule has 0 heterocycles. The molecule has 0 aliphatic rings. The molecule has 0 aliphatic heterocycles. The van der Waals surface area contributed by atoms with Gasteiger partial charge in [-0.25, -0.2) is 0 Å². The van der Waals surface area contributed by atoms with Crippen molar-refractivity contribution in [2.45, 2.75) is 13.3 Å². The van der Waals surface area contributed by atoms with Gasteiger partial charge < -0.3 is 10.5 Å². The first-order valence-corrected chi connectivity index (χ1v) is 1.51. The maximum atomic E-state index is 9.48. The molecule has 0 saturated heterocycles. The molecular weight excluding hydrogens is 252 g/mol. The molecule has 37 valence electrons. The van der Waals surface area contributed by atoms with Crippen LogP contribution in [0, 0.1) is 0 Å². The van der Waals surface area contributed by atoms with E-state index < -0.39 is 5.91 Å². The van der Waals surface area contributed by atoms with Crippen molar-refractivity contribution in [2.24, 2.45) is 0 Å². The van der Waals surface area contributed by atoms with Crippen molar-refractivity contribution in [1.82, 2.24) is 0 Å². The Hall–Kier alpha value is 0.132. The molecule has 3 heteroatoms. The number of nitrogens with one attached hydrogen (secondary N) is 1. The fourth-order valence-corrected chi connectivity index (χ4v) is 0. The summed E-state index contributed by atoms with van der Waals surface area (Å²) in [6.45, 7) is 1.66. The molecule has 0 fully saturated rings. The minimum Gasteiger partial charge on any atom is -0.668 e. The zero-order chi connectivity index (χ0) is 4.28. The molecule has 1 amide bonds. The molecule has 0 aromatic heterocycles. The van der Waals surface area contributed by atoms with Crippen LogP contribution in [0.1, 0.15) is 13.3 Å². The average Bonchev–Trinajstić information content (AvgIpc) is 1.38. The standard InChI is InChI=1S/C3H7NO.Re/c1-2-3(4)5;/h2H2,1H3,(H2,4,5);/p-1. The number of hydrogen-bond acceptors (Lipinski definition) is 1. The predicted octanol–water partition coefficient (Wildman–Crippen LogP) is 0.973. The Balaban J connectivity index is 0. The summed E-state index contributed by atoms with van der Waals surface area (Å²) in [4.78, 5) is 9.48. The quantitative estimate of drug-likeness (QED) is 0.691. The van der Waals surface area contributed by atoms with E-state index in [-0.39, 0.29) is 20.4 Å². The average molecular weight is 258 g/mol. The monoisotopic (exact) mass is 259 g/mol. The molecule has 0 rings (SSSR count). The summed E-state index contributed by atoms with van der Waals surface area (Å²) < 4.78 is 0. The van der Waals surface area contributed by atoms with E-state index in [2.05, 4.69) is 0 Å². The molecule has 0 unspecified atom stereocenters. The molecule has 6 heavy (non-hydrogen) atoms. The van der Waals surface area contributed by atoms with Crippen molar-refractivity contribution in [1.29, 1.82) is 0 Å². The normalized spacial score (nSPS) is 6.17. The van der Waals surface area contributed by atoms with E-state index in [1.165, 1.54) is 0 Å². The van der Waals surface area contributed by atoms with Crippen molar-refractivity contribution in [3.63, 3.8) is 0 Å². The van der Waals surface area contributed by atoms with Crippen LogP contribution in [0.5, 0.6) is 0 Å². The molecule has 0 aromatic rings. The SMILES string of the molecule is CCC([NH-])=O.[Re].